The Morgan fingerprint density at radius 3 is 2.85 bits per heavy atom. The number of aryl methyl sites for hydroxylation is 1. The van der Waals surface area contributed by atoms with E-state index in [1.165, 1.54) is 0 Å². The highest BCUT2D eigenvalue weighted by Crippen LogP contribution is 2.27. The van der Waals surface area contributed by atoms with Gasteiger partial charge in [0.05, 0.1) is 10.9 Å². The molecule has 0 radical (unpaired) electrons. The van der Waals surface area contributed by atoms with Crippen LogP contribution in [0.1, 0.15) is 19.8 Å². The van der Waals surface area contributed by atoms with Crippen molar-refractivity contribution >= 4 is 22.5 Å². The fourth-order valence-electron chi connectivity index (χ4n) is 2.03. The van der Waals surface area contributed by atoms with Gasteiger partial charge in [-0.3, -0.25) is 4.68 Å². The van der Waals surface area contributed by atoms with Crippen molar-refractivity contribution in [1.82, 2.24) is 14.7 Å². The maximum absolute atomic E-state index is 6.09. The smallest absolute Gasteiger partial charge is 0.240 e. The van der Waals surface area contributed by atoms with Gasteiger partial charge < -0.3 is 9.64 Å². The number of halogens is 1. The van der Waals surface area contributed by atoms with Crippen LogP contribution in [-0.2, 0) is 6.54 Å². The summed E-state index contributed by atoms with van der Waals surface area (Å²) in [7, 11) is 4.06. The minimum atomic E-state index is 0.634. The summed E-state index contributed by atoms with van der Waals surface area (Å²) in [4.78, 5) is 2.09. The zero-order chi connectivity index (χ0) is 14.5. The second-order valence-electron chi connectivity index (χ2n) is 5.20. The molecule has 0 spiro atoms. The Hall–Kier alpha value is -1.26. The third kappa shape index (κ3) is 3.64. The lowest BCUT2D eigenvalue weighted by atomic mass is 10.2. The van der Waals surface area contributed by atoms with E-state index in [9.17, 15) is 0 Å². The molecule has 0 unspecified atom stereocenters. The van der Waals surface area contributed by atoms with Crippen LogP contribution in [0, 0.1) is 0 Å². The molecule has 0 bridgehead atoms. The van der Waals surface area contributed by atoms with Gasteiger partial charge in [0.1, 0.15) is 6.61 Å². The van der Waals surface area contributed by atoms with Gasteiger partial charge in [0, 0.05) is 18.1 Å². The minimum absolute atomic E-state index is 0.634. The standard InChI is InChI=1S/C15H22ClN3O/c1-4-5-8-19-14-11-12(16)6-7-13(14)15(17-19)20-10-9-18(2)3/h6-7,11H,4-5,8-10H2,1-3H3. The molecule has 0 saturated heterocycles. The summed E-state index contributed by atoms with van der Waals surface area (Å²) in [5, 5.41) is 6.35. The maximum atomic E-state index is 6.09. The first-order valence-corrected chi connectivity index (χ1v) is 7.43. The number of nitrogens with zero attached hydrogens (tertiary/aromatic N) is 3. The largest absolute Gasteiger partial charge is 0.475 e. The van der Waals surface area contributed by atoms with E-state index < -0.39 is 0 Å². The first-order chi connectivity index (χ1) is 9.61. The van der Waals surface area contributed by atoms with Crippen LogP contribution in [0.25, 0.3) is 10.9 Å². The normalized spacial score (nSPS) is 11.4. The molecule has 1 aromatic carbocycles. The van der Waals surface area contributed by atoms with E-state index in [1.807, 2.05) is 37.0 Å². The quantitative estimate of drug-likeness (QED) is 0.784. The van der Waals surface area contributed by atoms with Crippen molar-refractivity contribution in [2.45, 2.75) is 26.3 Å². The Labute approximate surface area is 125 Å². The SMILES string of the molecule is CCCCn1nc(OCCN(C)C)c2ccc(Cl)cc21. The molecule has 0 aliphatic rings. The first kappa shape index (κ1) is 15.1. The van der Waals surface area contributed by atoms with E-state index >= 15 is 0 Å². The molecule has 2 rings (SSSR count). The third-order valence-electron chi connectivity index (χ3n) is 3.18. The van der Waals surface area contributed by atoms with Gasteiger partial charge in [0.15, 0.2) is 0 Å². The summed E-state index contributed by atoms with van der Waals surface area (Å²) < 4.78 is 7.81. The topological polar surface area (TPSA) is 30.3 Å². The van der Waals surface area contributed by atoms with Crippen molar-refractivity contribution in [3.63, 3.8) is 0 Å². The zero-order valence-electron chi connectivity index (χ0n) is 12.4. The molecule has 0 fully saturated rings. The average molecular weight is 296 g/mol. The molecular formula is C15H22ClN3O. The highest BCUT2D eigenvalue weighted by molar-refractivity contribution is 6.31. The molecule has 0 saturated carbocycles. The Morgan fingerprint density at radius 2 is 2.15 bits per heavy atom. The zero-order valence-corrected chi connectivity index (χ0v) is 13.2. The van der Waals surface area contributed by atoms with E-state index in [2.05, 4.69) is 16.9 Å². The highest BCUT2D eigenvalue weighted by Gasteiger charge is 2.12. The third-order valence-corrected chi connectivity index (χ3v) is 3.42. The molecular weight excluding hydrogens is 274 g/mol. The van der Waals surface area contributed by atoms with Gasteiger partial charge >= 0.3 is 0 Å². The molecule has 5 heteroatoms. The maximum Gasteiger partial charge on any atom is 0.240 e. The number of unbranched alkanes of at least 4 members (excludes halogenated alkanes) is 1. The molecule has 0 aliphatic carbocycles. The van der Waals surface area contributed by atoms with E-state index in [0.717, 1.165) is 41.9 Å². The number of rotatable bonds is 7. The van der Waals surface area contributed by atoms with Crippen LogP contribution in [-0.4, -0.2) is 41.9 Å². The summed E-state index contributed by atoms with van der Waals surface area (Å²) in [6.07, 6.45) is 2.24. The number of benzene rings is 1. The van der Waals surface area contributed by atoms with E-state index in [1.54, 1.807) is 0 Å². The second-order valence-corrected chi connectivity index (χ2v) is 5.63. The van der Waals surface area contributed by atoms with Crippen LogP contribution < -0.4 is 4.74 Å². The number of hydrogen-bond acceptors (Lipinski definition) is 3. The average Bonchev–Trinajstić information content (AvgIpc) is 2.73. The molecule has 110 valence electrons. The molecule has 0 atom stereocenters. The van der Waals surface area contributed by atoms with Crippen molar-refractivity contribution in [3.8, 4) is 5.88 Å². The molecule has 2 aromatic rings. The van der Waals surface area contributed by atoms with Crippen LogP contribution in [0.2, 0.25) is 5.02 Å². The molecule has 4 nitrogen and oxygen atoms in total. The minimum Gasteiger partial charge on any atom is -0.475 e. The van der Waals surface area contributed by atoms with Gasteiger partial charge in [-0.05, 0) is 38.7 Å². The van der Waals surface area contributed by atoms with Crippen LogP contribution in [0.3, 0.4) is 0 Å². The van der Waals surface area contributed by atoms with Crippen molar-refractivity contribution in [3.05, 3.63) is 23.2 Å². The number of hydrogen-bond donors (Lipinski definition) is 0. The number of likely N-dealkylation sites (N-methyl/N-ethyl adjacent to an activating group) is 1. The molecule has 20 heavy (non-hydrogen) atoms. The Bertz CT molecular complexity index is 565. The highest BCUT2D eigenvalue weighted by atomic mass is 35.5. The molecule has 0 aliphatic heterocycles. The predicted molar refractivity (Wildman–Crippen MR) is 83.7 cm³/mol. The van der Waals surface area contributed by atoms with Crippen LogP contribution >= 0.6 is 11.6 Å². The lowest BCUT2D eigenvalue weighted by Gasteiger charge is -2.09. The van der Waals surface area contributed by atoms with E-state index in [4.69, 9.17) is 16.3 Å². The van der Waals surface area contributed by atoms with Crippen molar-refractivity contribution in [1.29, 1.82) is 0 Å². The first-order valence-electron chi connectivity index (χ1n) is 7.05. The summed E-state index contributed by atoms with van der Waals surface area (Å²) in [6, 6.07) is 5.82. The molecule has 1 aromatic heterocycles. The summed E-state index contributed by atoms with van der Waals surface area (Å²) in [5.74, 6) is 0.703. The molecule has 0 amide bonds. The van der Waals surface area contributed by atoms with Crippen molar-refractivity contribution in [2.75, 3.05) is 27.2 Å². The summed E-state index contributed by atoms with van der Waals surface area (Å²) in [6.45, 7) is 4.57. The Balaban J connectivity index is 2.24. The number of aromatic nitrogens is 2. The fraction of sp³-hybridized carbons (Fsp3) is 0.533. The predicted octanol–water partition coefficient (Wildman–Crippen LogP) is 3.43. The van der Waals surface area contributed by atoms with Gasteiger partial charge in [0.2, 0.25) is 5.88 Å². The molecule has 1 heterocycles. The van der Waals surface area contributed by atoms with E-state index in [0.29, 0.717) is 12.5 Å². The van der Waals surface area contributed by atoms with Gasteiger partial charge in [-0.1, -0.05) is 24.9 Å². The monoisotopic (exact) mass is 295 g/mol. The number of ether oxygens (including phenoxy) is 1. The van der Waals surface area contributed by atoms with Gasteiger partial charge in [-0.15, -0.1) is 5.10 Å². The lowest BCUT2D eigenvalue weighted by molar-refractivity contribution is 0.253. The molecule has 0 N–H and O–H groups in total. The Kier molecular flexibility index (Phi) is 5.26. The van der Waals surface area contributed by atoms with Crippen LogP contribution in [0.15, 0.2) is 18.2 Å². The van der Waals surface area contributed by atoms with Crippen LogP contribution in [0.5, 0.6) is 5.88 Å². The van der Waals surface area contributed by atoms with Gasteiger partial charge in [-0.2, -0.15) is 0 Å². The van der Waals surface area contributed by atoms with Crippen LogP contribution in [0.4, 0.5) is 0 Å². The van der Waals surface area contributed by atoms with Gasteiger partial charge in [0.25, 0.3) is 0 Å². The number of fused-ring (bicyclic) bond motifs is 1. The van der Waals surface area contributed by atoms with E-state index in [-0.39, 0.29) is 0 Å². The summed E-state index contributed by atoms with van der Waals surface area (Å²) >= 11 is 6.09. The van der Waals surface area contributed by atoms with Crippen molar-refractivity contribution < 1.29 is 4.74 Å². The summed E-state index contributed by atoms with van der Waals surface area (Å²) in [5.41, 5.74) is 1.05. The van der Waals surface area contributed by atoms with Crippen molar-refractivity contribution in [2.24, 2.45) is 0 Å². The lowest BCUT2D eigenvalue weighted by Crippen LogP contribution is -2.19. The second kappa shape index (κ2) is 6.95. The van der Waals surface area contributed by atoms with Gasteiger partial charge in [-0.25, -0.2) is 0 Å². The Morgan fingerprint density at radius 1 is 1.35 bits per heavy atom. The fourth-order valence-corrected chi connectivity index (χ4v) is 2.19.